The zero-order valence-corrected chi connectivity index (χ0v) is 8.44. The largest absolute Gasteiger partial charge is 0.508 e. The molecule has 1 heterocycles. The number of hydrogen-bond donors (Lipinski definition) is 2. The minimum absolute atomic E-state index is 0.0757. The lowest BCUT2D eigenvalue weighted by atomic mass is 10.1. The van der Waals surface area contributed by atoms with E-state index in [9.17, 15) is 9.90 Å². The van der Waals surface area contributed by atoms with Crippen LogP contribution in [0.25, 0.3) is 0 Å². The Kier molecular flexibility index (Phi) is 2.49. The van der Waals surface area contributed by atoms with Gasteiger partial charge < -0.3 is 15.7 Å². The number of carbonyl (C=O) groups excluding carboxylic acids is 1. The van der Waals surface area contributed by atoms with Gasteiger partial charge >= 0.3 is 0 Å². The number of phenolic OH excluding ortho intramolecular Hbond substituents is 1. The second kappa shape index (κ2) is 3.81. The molecule has 1 fully saturated rings. The van der Waals surface area contributed by atoms with E-state index in [1.807, 2.05) is 0 Å². The lowest BCUT2D eigenvalue weighted by Gasteiger charge is -2.16. The molecule has 80 valence electrons. The van der Waals surface area contributed by atoms with E-state index in [0.29, 0.717) is 11.3 Å². The number of nitrogens with zero attached hydrogens (tertiary/aromatic N) is 1. The number of hydrogen-bond acceptors (Lipinski definition) is 3. The fourth-order valence-corrected chi connectivity index (χ4v) is 1.82. The summed E-state index contributed by atoms with van der Waals surface area (Å²) in [6.45, 7) is 1.57. The van der Waals surface area contributed by atoms with Gasteiger partial charge in [-0.3, -0.25) is 4.79 Å². The number of anilines is 1. The maximum atomic E-state index is 12.0. The highest BCUT2D eigenvalue weighted by Crippen LogP contribution is 2.21. The molecule has 1 aliphatic heterocycles. The highest BCUT2D eigenvalue weighted by Gasteiger charge is 2.21. The molecular weight excluding hydrogens is 192 g/mol. The van der Waals surface area contributed by atoms with Gasteiger partial charge in [0.05, 0.1) is 5.56 Å². The number of benzene rings is 1. The van der Waals surface area contributed by atoms with Crippen LogP contribution in [0.3, 0.4) is 0 Å². The molecule has 0 saturated carbocycles. The summed E-state index contributed by atoms with van der Waals surface area (Å²) in [5.41, 5.74) is 6.52. The van der Waals surface area contributed by atoms with E-state index in [2.05, 4.69) is 0 Å². The lowest BCUT2D eigenvalue weighted by molar-refractivity contribution is 0.0793. The first-order valence-corrected chi connectivity index (χ1v) is 5.06. The summed E-state index contributed by atoms with van der Waals surface area (Å²) in [6, 6.07) is 4.46. The third kappa shape index (κ3) is 1.88. The van der Waals surface area contributed by atoms with Gasteiger partial charge in [0.15, 0.2) is 0 Å². The molecule has 0 bridgehead atoms. The van der Waals surface area contributed by atoms with Crippen molar-refractivity contribution in [2.24, 2.45) is 0 Å². The molecular formula is C11H14N2O2. The van der Waals surface area contributed by atoms with E-state index in [1.165, 1.54) is 12.1 Å². The zero-order chi connectivity index (χ0) is 10.8. The first kappa shape index (κ1) is 9.83. The molecule has 15 heavy (non-hydrogen) atoms. The molecule has 2 rings (SSSR count). The van der Waals surface area contributed by atoms with Crippen LogP contribution in [0.15, 0.2) is 18.2 Å². The molecule has 0 radical (unpaired) electrons. The number of nitrogens with two attached hydrogens (primary N) is 1. The van der Waals surface area contributed by atoms with Crippen molar-refractivity contribution in [3.8, 4) is 5.75 Å². The molecule has 4 nitrogen and oxygen atoms in total. The molecule has 0 unspecified atom stereocenters. The van der Waals surface area contributed by atoms with Crippen molar-refractivity contribution in [2.75, 3.05) is 18.8 Å². The fourth-order valence-electron chi connectivity index (χ4n) is 1.82. The van der Waals surface area contributed by atoms with Crippen molar-refractivity contribution in [1.29, 1.82) is 0 Å². The first-order valence-electron chi connectivity index (χ1n) is 5.06. The van der Waals surface area contributed by atoms with E-state index in [1.54, 1.807) is 11.0 Å². The van der Waals surface area contributed by atoms with Gasteiger partial charge in [-0.05, 0) is 31.0 Å². The topological polar surface area (TPSA) is 66.6 Å². The molecule has 1 aromatic carbocycles. The van der Waals surface area contributed by atoms with Gasteiger partial charge in [0.2, 0.25) is 0 Å². The maximum absolute atomic E-state index is 12.0. The third-order valence-electron chi connectivity index (χ3n) is 2.66. The van der Waals surface area contributed by atoms with Crippen LogP contribution in [0.1, 0.15) is 23.2 Å². The van der Waals surface area contributed by atoms with Gasteiger partial charge in [-0.2, -0.15) is 0 Å². The molecule has 0 atom stereocenters. The van der Waals surface area contributed by atoms with E-state index in [0.717, 1.165) is 25.9 Å². The molecule has 4 heteroatoms. The average molecular weight is 206 g/mol. The van der Waals surface area contributed by atoms with E-state index in [4.69, 9.17) is 5.73 Å². The van der Waals surface area contributed by atoms with Crippen molar-refractivity contribution in [2.45, 2.75) is 12.8 Å². The highest BCUT2D eigenvalue weighted by atomic mass is 16.3. The highest BCUT2D eigenvalue weighted by molar-refractivity contribution is 5.99. The maximum Gasteiger partial charge on any atom is 0.256 e. The molecule has 3 N–H and O–H groups in total. The Labute approximate surface area is 88.3 Å². The Bertz CT molecular complexity index is 384. The van der Waals surface area contributed by atoms with Gasteiger partial charge in [0, 0.05) is 18.8 Å². The molecule has 1 aromatic rings. The standard InChI is InChI=1S/C11H14N2O2/c12-10-4-3-8(14)7-9(10)11(15)13-5-1-2-6-13/h3-4,7,14H,1-2,5-6,12H2. The number of nitrogen functional groups attached to an aromatic ring is 1. The van der Waals surface area contributed by atoms with Crippen molar-refractivity contribution in [3.63, 3.8) is 0 Å². The summed E-state index contributed by atoms with van der Waals surface area (Å²) < 4.78 is 0. The summed E-state index contributed by atoms with van der Waals surface area (Å²) >= 11 is 0. The van der Waals surface area contributed by atoms with Crippen molar-refractivity contribution in [1.82, 2.24) is 4.90 Å². The summed E-state index contributed by atoms with van der Waals surface area (Å²) in [4.78, 5) is 13.7. The Balaban J connectivity index is 2.27. The Morgan fingerprint density at radius 2 is 2.00 bits per heavy atom. The molecule has 1 aliphatic rings. The second-order valence-corrected chi connectivity index (χ2v) is 3.77. The van der Waals surface area contributed by atoms with Gasteiger partial charge in [-0.25, -0.2) is 0 Å². The first-order chi connectivity index (χ1) is 7.18. The number of carbonyl (C=O) groups is 1. The van der Waals surface area contributed by atoms with Crippen LogP contribution in [-0.4, -0.2) is 29.0 Å². The summed E-state index contributed by atoms with van der Waals surface area (Å²) in [5, 5.41) is 9.30. The quantitative estimate of drug-likeness (QED) is 0.536. The van der Waals surface area contributed by atoms with Crippen LogP contribution in [-0.2, 0) is 0 Å². The zero-order valence-electron chi connectivity index (χ0n) is 8.44. The summed E-state index contributed by atoms with van der Waals surface area (Å²) in [6.07, 6.45) is 2.09. The third-order valence-corrected chi connectivity index (χ3v) is 2.66. The number of rotatable bonds is 1. The number of likely N-dealkylation sites (tertiary alicyclic amines) is 1. The van der Waals surface area contributed by atoms with E-state index in [-0.39, 0.29) is 11.7 Å². The molecule has 1 amide bonds. The van der Waals surface area contributed by atoms with Crippen LogP contribution in [0.5, 0.6) is 5.75 Å². The molecule has 0 aromatic heterocycles. The minimum atomic E-state index is -0.0825. The average Bonchev–Trinajstić information content (AvgIpc) is 2.74. The van der Waals surface area contributed by atoms with Crippen LogP contribution in [0, 0.1) is 0 Å². The predicted molar refractivity (Wildman–Crippen MR) is 57.7 cm³/mol. The summed E-state index contributed by atoms with van der Waals surface area (Å²) in [7, 11) is 0. The van der Waals surface area contributed by atoms with Crippen molar-refractivity contribution < 1.29 is 9.90 Å². The van der Waals surface area contributed by atoms with Crippen LogP contribution < -0.4 is 5.73 Å². The molecule has 0 aliphatic carbocycles. The Hall–Kier alpha value is -1.71. The van der Waals surface area contributed by atoms with Crippen molar-refractivity contribution in [3.05, 3.63) is 23.8 Å². The lowest BCUT2D eigenvalue weighted by Crippen LogP contribution is -2.28. The Morgan fingerprint density at radius 3 is 2.67 bits per heavy atom. The normalized spacial score (nSPS) is 15.6. The van der Waals surface area contributed by atoms with Crippen molar-refractivity contribution >= 4 is 11.6 Å². The summed E-state index contributed by atoms with van der Waals surface area (Å²) in [5.74, 6) is -0.00681. The number of phenols is 1. The number of aromatic hydroxyl groups is 1. The van der Waals surface area contributed by atoms with Crippen LogP contribution in [0.4, 0.5) is 5.69 Å². The molecule has 1 saturated heterocycles. The van der Waals surface area contributed by atoms with Gasteiger partial charge in [-0.15, -0.1) is 0 Å². The SMILES string of the molecule is Nc1ccc(O)cc1C(=O)N1CCCC1. The van der Waals surface area contributed by atoms with Crippen LogP contribution in [0.2, 0.25) is 0 Å². The fraction of sp³-hybridized carbons (Fsp3) is 0.364. The van der Waals surface area contributed by atoms with Gasteiger partial charge in [0.1, 0.15) is 5.75 Å². The predicted octanol–water partition coefficient (Wildman–Crippen LogP) is 1.21. The second-order valence-electron chi connectivity index (χ2n) is 3.77. The smallest absolute Gasteiger partial charge is 0.256 e. The minimum Gasteiger partial charge on any atom is -0.508 e. The Morgan fingerprint density at radius 1 is 1.33 bits per heavy atom. The monoisotopic (exact) mass is 206 g/mol. The number of amides is 1. The van der Waals surface area contributed by atoms with Gasteiger partial charge in [-0.1, -0.05) is 0 Å². The van der Waals surface area contributed by atoms with Gasteiger partial charge in [0.25, 0.3) is 5.91 Å². The van der Waals surface area contributed by atoms with E-state index < -0.39 is 0 Å². The van der Waals surface area contributed by atoms with Crippen LogP contribution >= 0.6 is 0 Å². The molecule has 0 spiro atoms. The van der Waals surface area contributed by atoms with E-state index >= 15 is 0 Å².